The summed E-state index contributed by atoms with van der Waals surface area (Å²) in [6.45, 7) is 9.10. The van der Waals surface area contributed by atoms with E-state index < -0.39 is 16.6 Å². The summed E-state index contributed by atoms with van der Waals surface area (Å²) in [7, 11) is -1.96. The number of ether oxygens (including phenoxy) is 1. The van der Waals surface area contributed by atoms with Crippen LogP contribution in [0, 0.1) is 0 Å². The first-order chi connectivity index (χ1) is 14.5. The maximum atomic E-state index is 9.74. The molecular weight excluding hydrogens is 424 g/mol. The third-order valence-electron chi connectivity index (χ3n) is 5.60. The zero-order chi connectivity index (χ0) is 23.1. The molecule has 0 radical (unpaired) electrons. The molecule has 0 unspecified atom stereocenters. The molecule has 0 spiro atoms. The van der Waals surface area contributed by atoms with E-state index in [-0.39, 0.29) is 18.1 Å². The van der Waals surface area contributed by atoms with Gasteiger partial charge in [0.25, 0.3) is 0 Å². The predicted octanol–water partition coefficient (Wildman–Crippen LogP) is 5.59. The van der Waals surface area contributed by atoms with Gasteiger partial charge in [0.05, 0.1) is 13.7 Å². The fraction of sp³-hybridized carbons (Fsp3) is 0.500. The average Bonchev–Trinajstić information content (AvgIpc) is 2.69. The maximum Gasteiger partial charge on any atom is 0.173 e. The SMILES string of the molecule is COc1cc(CCC[Si](C)(C)O[Si](C)(C)CCCc2ccc(O)c(CO)c2)ccc1O. The molecule has 0 saturated heterocycles. The monoisotopic (exact) mass is 462 g/mol. The topological polar surface area (TPSA) is 79.2 Å². The van der Waals surface area contributed by atoms with Crippen LogP contribution in [0.2, 0.25) is 38.3 Å². The molecule has 0 amide bonds. The van der Waals surface area contributed by atoms with Crippen LogP contribution in [0.5, 0.6) is 17.2 Å². The average molecular weight is 463 g/mol. The third-order valence-corrected chi connectivity index (χ3v) is 13.1. The Hall–Kier alpha value is -1.81. The van der Waals surface area contributed by atoms with E-state index in [1.165, 1.54) is 5.56 Å². The molecule has 0 atom stereocenters. The number of rotatable bonds is 12. The first kappa shape index (κ1) is 25.5. The van der Waals surface area contributed by atoms with Gasteiger partial charge in [0.2, 0.25) is 0 Å². The largest absolute Gasteiger partial charge is 0.508 e. The Morgan fingerprint density at radius 3 is 1.81 bits per heavy atom. The zero-order valence-corrected chi connectivity index (χ0v) is 21.6. The lowest BCUT2D eigenvalue weighted by atomic mass is 10.1. The number of hydrogen-bond donors (Lipinski definition) is 3. The summed E-state index contributed by atoms with van der Waals surface area (Å²) in [5.41, 5.74) is 2.91. The van der Waals surface area contributed by atoms with Crippen LogP contribution in [0.3, 0.4) is 0 Å². The number of hydrogen-bond acceptors (Lipinski definition) is 5. The highest BCUT2D eigenvalue weighted by atomic mass is 28.4. The Morgan fingerprint density at radius 2 is 1.29 bits per heavy atom. The first-order valence-corrected chi connectivity index (χ1v) is 17.3. The molecule has 0 saturated carbocycles. The highest BCUT2D eigenvalue weighted by Gasteiger charge is 2.32. The fourth-order valence-corrected chi connectivity index (χ4v) is 12.9. The second-order valence-electron chi connectivity index (χ2n) is 9.46. The van der Waals surface area contributed by atoms with Crippen molar-refractivity contribution in [3.63, 3.8) is 0 Å². The van der Waals surface area contributed by atoms with E-state index >= 15 is 0 Å². The van der Waals surface area contributed by atoms with Crippen molar-refractivity contribution in [3.8, 4) is 17.2 Å². The van der Waals surface area contributed by atoms with Crippen LogP contribution in [0.4, 0.5) is 0 Å². The number of aliphatic hydroxyl groups excluding tert-OH is 1. The Bertz CT molecular complexity index is 782. The molecule has 0 bridgehead atoms. The van der Waals surface area contributed by atoms with Gasteiger partial charge in [-0.3, -0.25) is 0 Å². The van der Waals surface area contributed by atoms with E-state index in [2.05, 4.69) is 26.2 Å². The number of phenolic OH excluding ortho intramolecular Hbond substituents is 1. The Balaban J connectivity index is 1.81. The summed E-state index contributed by atoms with van der Waals surface area (Å²) in [4.78, 5) is 0. The van der Waals surface area contributed by atoms with Gasteiger partial charge in [0.15, 0.2) is 28.1 Å². The minimum Gasteiger partial charge on any atom is -0.508 e. The number of phenols is 2. The van der Waals surface area contributed by atoms with Crippen molar-refractivity contribution in [1.29, 1.82) is 0 Å². The Kier molecular flexibility index (Phi) is 9.18. The van der Waals surface area contributed by atoms with Gasteiger partial charge < -0.3 is 24.2 Å². The van der Waals surface area contributed by atoms with Gasteiger partial charge in [-0.1, -0.05) is 12.1 Å². The van der Waals surface area contributed by atoms with Crippen LogP contribution in [-0.2, 0) is 23.6 Å². The van der Waals surface area contributed by atoms with Crippen molar-refractivity contribution in [1.82, 2.24) is 0 Å². The number of aliphatic hydroxyl groups is 1. The van der Waals surface area contributed by atoms with Crippen LogP contribution in [0.15, 0.2) is 36.4 Å². The molecule has 0 aliphatic carbocycles. The Labute approximate surface area is 188 Å². The maximum absolute atomic E-state index is 9.74. The molecule has 0 aliphatic heterocycles. The summed E-state index contributed by atoms with van der Waals surface area (Å²) in [5, 5.41) is 28.8. The highest BCUT2D eigenvalue weighted by molar-refractivity contribution is 6.84. The first-order valence-electron chi connectivity index (χ1n) is 11.0. The molecule has 0 heterocycles. The second-order valence-corrected chi connectivity index (χ2v) is 18.3. The van der Waals surface area contributed by atoms with E-state index in [9.17, 15) is 15.3 Å². The van der Waals surface area contributed by atoms with Gasteiger partial charge in [-0.15, -0.1) is 0 Å². The lowest BCUT2D eigenvalue weighted by molar-refractivity contribution is 0.275. The molecule has 31 heavy (non-hydrogen) atoms. The van der Waals surface area contributed by atoms with Crippen LogP contribution in [0.25, 0.3) is 0 Å². The second kappa shape index (κ2) is 11.2. The van der Waals surface area contributed by atoms with Crippen molar-refractivity contribution in [2.75, 3.05) is 7.11 Å². The number of benzene rings is 2. The van der Waals surface area contributed by atoms with Crippen molar-refractivity contribution >= 4 is 16.6 Å². The normalized spacial score (nSPS) is 12.2. The molecule has 5 nitrogen and oxygen atoms in total. The summed E-state index contributed by atoms with van der Waals surface area (Å²) in [6, 6.07) is 13.2. The van der Waals surface area contributed by atoms with Crippen LogP contribution in [-0.4, -0.2) is 39.1 Å². The third kappa shape index (κ3) is 8.33. The van der Waals surface area contributed by atoms with Gasteiger partial charge in [0, 0.05) is 5.56 Å². The zero-order valence-electron chi connectivity index (χ0n) is 19.6. The van der Waals surface area contributed by atoms with Crippen LogP contribution in [0.1, 0.15) is 29.5 Å². The van der Waals surface area contributed by atoms with Crippen molar-refractivity contribution in [3.05, 3.63) is 53.1 Å². The smallest absolute Gasteiger partial charge is 0.173 e. The molecule has 3 N–H and O–H groups in total. The predicted molar refractivity (Wildman–Crippen MR) is 131 cm³/mol. The van der Waals surface area contributed by atoms with E-state index in [1.807, 2.05) is 24.3 Å². The molecule has 172 valence electrons. The van der Waals surface area contributed by atoms with E-state index in [0.29, 0.717) is 11.3 Å². The summed E-state index contributed by atoms with van der Waals surface area (Å²) < 4.78 is 12.0. The lowest BCUT2D eigenvalue weighted by Crippen LogP contribution is -2.44. The quantitative estimate of drug-likeness (QED) is 0.358. The minimum absolute atomic E-state index is 0.139. The summed E-state index contributed by atoms with van der Waals surface area (Å²) in [6.07, 6.45) is 3.99. The van der Waals surface area contributed by atoms with E-state index in [0.717, 1.165) is 43.3 Å². The fourth-order valence-electron chi connectivity index (χ4n) is 4.09. The van der Waals surface area contributed by atoms with Gasteiger partial charge in [-0.25, -0.2) is 0 Å². The number of aromatic hydroxyl groups is 2. The van der Waals surface area contributed by atoms with Crippen molar-refractivity contribution in [2.24, 2.45) is 0 Å². The molecule has 0 aliphatic rings. The molecule has 2 aromatic rings. The van der Waals surface area contributed by atoms with Gasteiger partial charge in [-0.05, 0) is 99.4 Å². The Morgan fingerprint density at radius 1 is 0.774 bits per heavy atom. The molecule has 7 heteroatoms. The summed E-state index contributed by atoms with van der Waals surface area (Å²) in [5.74, 6) is 0.859. The van der Waals surface area contributed by atoms with Crippen LogP contribution < -0.4 is 4.74 Å². The minimum atomic E-state index is -1.77. The highest BCUT2D eigenvalue weighted by Crippen LogP contribution is 2.29. The molecule has 0 aromatic heterocycles. The van der Waals surface area contributed by atoms with Crippen molar-refractivity contribution in [2.45, 2.75) is 70.6 Å². The van der Waals surface area contributed by atoms with Gasteiger partial charge >= 0.3 is 0 Å². The molecule has 2 aromatic carbocycles. The molecule has 0 fully saturated rings. The lowest BCUT2D eigenvalue weighted by Gasteiger charge is -2.34. The summed E-state index contributed by atoms with van der Waals surface area (Å²) >= 11 is 0. The molecular formula is C24H38O5Si2. The number of aryl methyl sites for hydroxylation is 2. The number of methoxy groups -OCH3 is 1. The molecule has 2 rings (SSSR count). The van der Waals surface area contributed by atoms with Crippen molar-refractivity contribution < 1.29 is 24.2 Å². The van der Waals surface area contributed by atoms with E-state index in [1.54, 1.807) is 19.2 Å². The van der Waals surface area contributed by atoms with Crippen LogP contribution >= 0.6 is 0 Å². The van der Waals surface area contributed by atoms with E-state index in [4.69, 9.17) is 8.85 Å². The van der Waals surface area contributed by atoms with Gasteiger partial charge in [-0.2, -0.15) is 0 Å². The standard InChI is InChI=1S/C24H38O5Si2/c1-28-24-17-20(11-13-23(24)27)9-7-15-31(4,5)29-30(2,3)14-6-8-19-10-12-22(26)21(16-19)18-25/h10-13,16-17,25-27H,6-9,14-15,18H2,1-5H3. The van der Waals surface area contributed by atoms with Gasteiger partial charge in [0.1, 0.15) is 5.75 Å².